The summed E-state index contributed by atoms with van der Waals surface area (Å²) in [7, 11) is 0. The lowest BCUT2D eigenvalue weighted by Crippen LogP contribution is -2.44. The van der Waals surface area contributed by atoms with E-state index < -0.39 is 17.4 Å². The summed E-state index contributed by atoms with van der Waals surface area (Å²) in [5.41, 5.74) is 2.83. The maximum atomic E-state index is 13.7. The topological polar surface area (TPSA) is 117 Å². The summed E-state index contributed by atoms with van der Waals surface area (Å²) in [6, 6.07) is 17.3. The summed E-state index contributed by atoms with van der Waals surface area (Å²) in [4.78, 5) is 40.0. The summed E-state index contributed by atoms with van der Waals surface area (Å²) < 4.78 is 15.4. The number of carbonyl (C=O) groups excluding carboxylic acids is 2. The van der Waals surface area contributed by atoms with Crippen molar-refractivity contribution in [3.63, 3.8) is 0 Å². The van der Waals surface area contributed by atoms with Crippen LogP contribution in [0.5, 0.6) is 0 Å². The van der Waals surface area contributed by atoms with E-state index in [1.54, 1.807) is 59.3 Å². The number of piperidine rings is 1. The molecule has 9 nitrogen and oxygen atoms in total. The van der Waals surface area contributed by atoms with Crippen molar-refractivity contribution in [1.82, 2.24) is 15.1 Å². The van der Waals surface area contributed by atoms with Crippen molar-refractivity contribution < 1.29 is 23.9 Å². The highest BCUT2D eigenvalue weighted by molar-refractivity contribution is 6.34. The molecule has 2 heterocycles. The molecule has 3 N–H and O–H groups in total. The number of carbonyl (C=O) groups is 3. The fourth-order valence-corrected chi connectivity index (χ4v) is 5.45. The fraction of sp³-hybridized carbons (Fsp3) is 0.273. The van der Waals surface area contributed by atoms with Crippen LogP contribution in [-0.2, 0) is 5.54 Å². The van der Waals surface area contributed by atoms with E-state index in [-0.39, 0.29) is 33.9 Å². The van der Waals surface area contributed by atoms with E-state index in [0.29, 0.717) is 48.4 Å². The number of anilines is 2. The Hall–Kier alpha value is -4.70. The van der Waals surface area contributed by atoms with Gasteiger partial charge < -0.3 is 20.6 Å². The minimum absolute atomic E-state index is 0.0761. The van der Waals surface area contributed by atoms with Gasteiger partial charge in [-0.25, -0.2) is 9.18 Å². The van der Waals surface area contributed by atoms with Crippen molar-refractivity contribution in [1.29, 1.82) is 0 Å². The Labute approximate surface area is 259 Å². The molecule has 5 rings (SSSR count). The molecule has 1 aliphatic rings. The zero-order valence-corrected chi connectivity index (χ0v) is 25.4. The first-order valence-electron chi connectivity index (χ1n) is 14.3. The number of nitrogens with one attached hydrogen (secondary N) is 2. The Balaban J connectivity index is 1.27. The third-order valence-corrected chi connectivity index (χ3v) is 7.87. The molecule has 0 saturated carbocycles. The van der Waals surface area contributed by atoms with Gasteiger partial charge in [0.1, 0.15) is 5.82 Å². The number of carboxylic acids is 1. The Morgan fingerprint density at radius 1 is 0.932 bits per heavy atom. The first-order chi connectivity index (χ1) is 20.9. The molecule has 0 radical (unpaired) electrons. The minimum atomic E-state index is -0.966. The van der Waals surface area contributed by atoms with E-state index in [9.17, 15) is 18.8 Å². The molecule has 3 aromatic carbocycles. The summed E-state index contributed by atoms with van der Waals surface area (Å²) in [5, 5.41) is 19.7. The first-order valence-corrected chi connectivity index (χ1v) is 14.6. The van der Waals surface area contributed by atoms with Gasteiger partial charge in [0.15, 0.2) is 0 Å². The number of benzene rings is 3. The van der Waals surface area contributed by atoms with Crippen LogP contribution in [0.15, 0.2) is 72.9 Å². The molecule has 11 heteroatoms. The smallest absolute Gasteiger partial charge is 0.335 e. The lowest BCUT2D eigenvalue weighted by Gasteiger charge is -2.34. The van der Waals surface area contributed by atoms with Crippen molar-refractivity contribution in [2.45, 2.75) is 45.2 Å². The number of nitrogens with zero attached hydrogens (tertiary/aromatic N) is 3. The Bertz CT molecular complexity index is 1690. The average Bonchev–Trinajstić information content (AvgIpc) is 3.45. The molecule has 0 atom stereocenters. The molecule has 228 valence electrons. The van der Waals surface area contributed by atoms with Crippen LogP contribution in [-0.4, -0.2) is 51.8 Å². The highest BCUT2D eigenvalue weighted by atomic mass is 35.5. The largest absolute Gasteiger partial charge is 0.478 e. The third-order valence-electron chi connectivity index (χ3n) is 7.55. The number of aromatic nitrogens is 2. The lowest BCUT2D eigenvalue weighted by molar-refractivity contribution is 0.0696. The van der Waals surface area contributed by atoms with Gasteiger partial charge in [0.25, 0.3) is 11.8 Å². The van der Waals surface area contributed by atoms with Crippen LogP contribution >= 0.6 is 11.6 Å². The second-order valence-electron chi connectivity index (χ2n) is 11.7. The number of amides is 2. The summed E-state index contributed by atoms with van der Waals surface area (Å²) in [6.07, 6.45) is 2.88. The quantitative estimate of drug-likeness (QED) is 0.220. The monoisotopic (exact) mass is 617 g/mol. The molecule has 2 amide bonds. The Morgan fingerprint density at radius 2 is 1.59 bits per heavy atom. The van der Waals surface area contributed by atoms with Crippen LogP contribution in [0, 0.1) is 5.82 Å². The van der Waals surface area contributed by atoms with E-state index in [1.165, 1.54) is 18.3 Å². The predicted octanol–water partition coefficient (Wildman–Crippen LogP) is 6.45. The van der Waals surface area contributed by atoms with Gasteiger partial charge in [-0.15, -0.1) is 0 Å². The van der Waals surface area contributed by atoms with E-state index in [2.05, 4.69) is 20.6 Å². The Morgan fingerprint density at radius 3 is 2.20 bits per heavy atom. The van der Waals surface area contributed by atoms with E-state index in [4.69, 9.17) is 16.7 Å². The van der Waals surface area contributed by atoms with Gasteiger partial charge in [-0.1, -0.05) is 11.6 Å². The van der Waals surface area contributed by atoms with Gasteiger partial charge in [-0.2, -0.15) is 5.10 Å². The third kappa shape index (κ3) is 6.75. The van der Waals surface area contributed by atoms with E-state index >= 15 is 0 Å². The maximum Gasteiger partial charge on any atom is 0.335 e. The number of aromatic carboxylic acids is 1. The van der Waals surface area contributed by atoms with Crippen LogP contribution in [0.2, 0.25) is 5.02 Å². The number of carboxylic acid groups (broad SMARTS) is 1. The van der Waals surface area contributed by atoms with Crippen LogP contribution < -0.4 is 15.5 Å². The van der Waals surface area contributed by atoms with Crippen LogP contribution in [0.1, 0.15) is 64.7 Å². The summed E-state index contributed by atoms with van der Waals surface area (Å²) in [5.74, 6) is -2.13. The van der Waals surface area contributed by atoms with E-state index in [0.717, 1.165) is 5.69 Å². The van der Waals surface area contributed by atoms with Gasteiger partial charge in [0.2, 0.25) is 0 Å². The van der Waals surface area contributed by atoms with Crippen LogP contribution in [0.3, 0.4) is 0 Å². The standard InChI is InChI=1S/C33H33ClFN5O4/c1-33(2,3)40-29(20-4-8-22(35)9-5-20)27(19-36-40)31(42)38-24-10-13-28(34)26(18-24)30(41)37-23-14-16-39(17-15-23)25-11-6-21(7-12-25)32(43)44/h4-13,18-19,23H,14-17H2,1-3H3,(H,37,41)(H,38,42)(H,43,44). The second-order valence-corrected chi connectivity index (χ2v) is 12.1. The minimum Gasteiger partial charge on any atom is -0.478 e. The molecule has 0 unspecified atom stereocenters. The second kappa shape index (κ2) is 12.5. The predicted molar refractivity (Wildman–Crippen MR) is 168 cm³/mol. The summed E-state index contributed by atoms with van der Waals surface area (Å²) in [6.45, 7) is 7.27. The lowest BCUT2D eigenvalue weighted by atomic mass is 10.0. The molecular weight excluding hydrogens is 585 g/mol. The molecule has 1 aliphatic heterocycles. The van der Waals surface area contributed by atoms with Crippen molar-refractivity contribution in [2.24, 2.45) is 0 Å². The number of hydrogen-bond acceptors (Lipinski definition) is 5. The van der Waals surface area contributed by atoms with Crippen LogP contribution in [0.25, 0.3) is 11.3 Å². The molecular formula is C33H33ClFN5O4. The number of halogens is 2. The van der Waals surface area contributed by atoms with Gasteiger partial charge in [-0.05, 0) is 100 Å². The highest BCUT2D eigenvalue weighted by Gasteiger charge is 2.26. The molecule has 1 fully saturated rings. The van der Waals surface area contributed by atoms with Gasteiger partial charge in [0.05, 0.1) is 39.1 Å². The van der Waals surface area contributed by atoms with E-state index in [1.807, 2.05) is 20.8 Å². The van der Waals surface area contributed by atoms with Crippen molar-refractivity contribution >= 4 is 40.8 Å². The fourth-order valence-electron chi connectivity index (χ4n) is 5.24. The number of rotatable bonds is 7. The van der Waals surface area contributed by atoms with Gasteiger partial charge >= 0.3 is 5.97 Å². The van der Waals surface area contributed by atoms with Crippen LogP contribution in [0.4, 0.5) is 15.8 Å². The highest BCUT2D eigenvalue weighted by Crippen LogP contribution is 2.30. The van der Waals surface area contributed by atoms with Crippen molar-refractivity contribution in [2.75, 3.05) is 23.3 Å². The first kappa shape index (κ1) is 30.7. The maximum absolute atomic E-state index is 13.7. The van der Waals surface area contributed by atoms with Crippen molar-refractivity contribution in [3.8, 4) is 11.3 Å². The average molecular weight is 618 g/mol. The van der Waals surface area contributed by atoms with Gasteiger partial charge in [0, 0.05) is 36.1 Å². The number of hydrogen-bond donors (Lipinski definition) is 3. The van der Waals surface area contributed by atoms with Gasteiger partial charge in [-0.3, -0.25) is 14.3 Å². The summed E-state index contributed by atoms with van der Waals surface area (Å²) >= 11 is 6.40. The molecule has 4 aromatic rings. The normalized spacial score (nSPS) is 13.9. The molecule has 1 aromatic heterocycles. The molecule has 44 heavy (non-hydrogen) atoms. The Kier molecular flexibility index (Phi) is 8.73. The molecule has 1 saturated heterocycles. The molecule has 0 aliphatic carbocycles. The molecule has 0 bridgehead atoms. The SMILES string of the molecule is CC(C)(C)n1ncc(C(=O)Nc2ccc(Cl)c(C(=O)NC3CCN(c4ccc(C(=O)O)cc4)CC3)c2)c1-c1ccc(F)cc1. The molecule has 0 spiro atoms. The zero-order valence-electron chi connectivity index (χ0n) is 24.6. The zero-order chi connectivity index (χ0) is 31.6. The van der Waals surface area contributed by atoms with Crippen molar-refractivity contribution in [3.05, 3.63) is 100 Å².